The number of rotatable bonds is 7. The van der Waals surface area contributed by atoms with Crippen molar-refractivity contribution in [3.05, 3.63) is 29.3 Å². The smallest absolute Gasteiger partial charge is 0.319 e. The maximum absolute atomic E-state index is 11.7. The van der Waals surface area contributed by atoms with Crippen molar-refractivity contribution < 1.29 is 14.3 Å². The molecule has 0 bridgehead atoms. The normalized spacial score (nSPS) is 10.0. The van der Waals surface area contributed by atoms with Gasteiger partial charge in [-0.05, 0) is 38.3 Å². The molecule has 1 rings (SSSR count). The predicted molar refractivity (Wildman–Crippen MR) is 83.4 cm³/mol. The van der Waals surface area contributed by atoms with E-state index < -0.39 is 0 Å². The minimum atomic E-state index is -0.199. The fourth-order valence-corrected chi connectivity index (χ4v) is 2.00. The highest BCUT2D eigenvalue weighted by atomic mass is 16.5. The maximum atomic E-state index is 11.7. The van der Waals surface area contributed by atoms with E-state index in [4.69, 9.17) is 0 Å². The second-order valence-electron chi connectivity index (χ2n) is 5.09. The molecule has 0 fully saturated rings. The number of hydrogen-bond donors (Lipinski definition) is 2. The molecule has 0 saturated carbocycles. The second kappa shape index (κ2) is 9.00. The molecule has 0 aliphatic carbocycles. The van der Waals surface area contributed by atoms with E-state index in [9.17, 15) is 9.59 Å². The van der Waals surface area contributed by atoms with Gasteiger partial charge in [0.25, 0.3) is 0 Å². The average molecular weight is 292 g/mol. The van der Waals surface area contributed by atoms with Crippen molar-refractivity contribution in [3.8, 4) is 0 Å². The number of methoxy groups -OCH3 is 1. The SMILES string of the molecule is COC(=O)CCCCCNC(=O)Nc1ccc(C)cc1C. The molecular weight excluding hydrogens is 268 g/mol. The highest BCUT2D eigenvalue weighted by molar-refractivity contribution is 5.90. The van der Waals surface area contributed by atoms with E-state index >= 15 is 0 Å². The minimum absolute atomic E-state index is 0.185. The van der Waals surface area contributed by atoms with Crippen LogP contribution < -0.4 is 10.6 Å². The largest absolute Gasteiger partial charge is 0.469 e. The summed E-state index contributed by atoms with van der Waals surface area (Å²) in [5.41, 5.74) is 3.04. The fraction of sp³-hybridized carbons (Fsp3) is 0.500. The van der Waals surface area contributed by atoms with E-state index in [-0.39, 0.29) is 12.0 Å². The molecule has 1 aromatic carbocycles. The molecule has 0 saturated heterocycles. The molecule has 1 aromatic rings. The molecule has 5 nitrogen and oxygen atoms in total. The number of anilines is 1. The number of amides is 2. The van der Waals surface area contributed by atoms with Crippen LogP contribution in [0.4, 0.5) is 10.5 Å². The van der Waals surface area contributed by atoms with Crippen LogP contribution in [0.1, 0.15) is 36.8 Å². The van der Waals surface area contributed by atoms with Gasteiger partial charge in [0, 0.05) is 18.7 Å². The summed E-state index contributed by atoms with van der Waals surface area (Å²) in [7, 11) is 1.39. The fourth-order valence-electron chi connectivity index (χ4n) is 2.00. The van der Waals surface area contributed by atoms with Crippen molar-refractivity contribution in [2.75, 3.05) is 19.0 Å². The Morgan fingerprint density at radius 3 is 2.57 bits per heavy atom. The quantitative estimate of drug-likeness (QED) is 0.599. The molecule has 0 heterocycles. The van der Waals surface area contributed by atoms with Crippen molar-refractivity contribution >= 4 is 17.7 Å². The maximum Gasteiger partial charge on any atom is 0.319 e. The first-order chi connectivity index (χ1) is 10.0. The highest BCUT2D eigenvalue weighted by Crippen LogP contribution is 2.15. The number of nitrogens with one attached hydrogen (secondary N) is 2. The molecule has 2 amide bonds. The molecule has 0 atom stereocenters. The van der Waals surface area contributed by atoms with E-state index in [1.165, 1.54) is 12.7 Å². The molecule has 0 aromatic heterocycles. The average Bonchev–Trinajstić information content (AvgIpc) is 2.45. The van der Waals surface area contributed by atoms with Crippen LogP contribution in [-0.2, 0) is 9.53 Å². The Bertz CT molecular complexity index is 486. The van der Waals surface area contributed by atoms with Crippen molar-refractivity contribution in [1.82, 2.24) is 5.32 Å². The number of aryl methyl sites for hydroxylation is 2. The van der Waals surface area contributed by atoms with Gasteiger partial charge in [-0.2, -0.15) is 0 Å². The zero-order valence-corrected chi connectivity index (χ0v) is 13.0. The molecule has 0 aliphatic heterocycles. The van der Waals surface area contributed by atoms with Crippen LogP contribution in [0.25, 0.3) is 0 Å². The van der Waals surface area contributed by atoms with Crippen molar-refractivity contribution in [1.29, 1.82) is 0 Å². The van der Waals surface area contributed by atoms with Crippen LogP contribution >= 0.6 is 0 Å². The van der Waals surface area contributed by atoms with Crippen LogP contribution in [0.5, 0.6) is 0 Å². The van der Waals surface area contributed by atoms with Crippen LogP contribution in [0, 0.1) is 13.8 Å². The molecule has 0 unspecified atom stereocenters. The topological polar surface area (TPSA) is 67.4 Å². The Kier molecular flexibility index (Phi) is 7.29. The Hall–Kier alpha value is -2.04. The molecule has 0 spiro atoms. The van der Waals surface area contributed by atoms with Crippen LogP contribution in [0.3, 0.4) is 0 Å². The Labute approximate surface area is 126 Å². The summed E-state index contributed by atoms with van der Waals surface area (Å²) >= 11 is 0. The molecule has 21 heavy (non-hydrogen) atoms. The monoisotopic (exact) mass is 292 g/mol. The van der Waals surface area contributed by atoms with Gasteiger partial charge in [0.2, 0.25) is 0 Å². The van der Waals surface area contributed by atoms with Gasteiger partial charge in [-0.3, -0.25) is 4.79 Å². The number of carbonyl (C=O) groups excluding carboxylic acids is 2. The zero-order valence-electron chi connectivity index (χ0n) is 13.0. The first kappa shape index (κ1) is 17.0. The lowest BCUT2D eigenvalue weighted by molar-refractivity contribution is -0.140. The van der Waals surface area contributed by atoms with E-state index in [0.29, 0.717) is 13.0 Å². The van der Waals surface area contributed by atoms with Gasteiger partial charge in [-0.1, -0.05) is 24.1 Å². The second-order valence-corrected chi connectivity index (χ2v) is 5.09. The van der Waals surface area contributed by atoms with Crippen molar-refractivity contribution in [2.24, 2.45) is 0 Å². The molecule has 0 radical (unpaired) electrons. The van der Waals surface area contributed by atoms with E-state index in [0.717, 1.165) is 30.5 Å². The third kappa shape index (κ3) is 6.79. The van der Waals surface area contributed by atoms with Gasteiger partial charge in [0.05, 0.1) is 7.11 Å². The van der Waals surface area contributed by atoms with Gasteiger partial charge in [-0.25, -0.2) is 4.79 Å². The van der Waals surface area contributed by atoms with Gasteiger partial charge in [0.1, 0.15) is 0 Å². The third-order valence-electron chi connectivity index (χ3n) is 3.20. The molecule has 0 aliphatic rings. The standard InChI is InChI=1S/C16H24N2O3/c1-12-8-9-14(13(2)11-12)18-16(20)17-10-6-4-5-7-15(19)21-3/h8-9,11H,4-7,10H2,1-3H3,(H2,17,18,20). The minimum Gasteiger partial charge on any atom is -0.469 e. The lowest BCUT2D eigenvalue weighted by atomic mass is 10.1. The summed E-state index contributed by atoms with van der Waals surface area (Å²) in [4.78, 5) is 22.7. The zero-order chi connectivity index (χ0) is 15.7. The first-order valence-electron chi connectivity index (χ1n) is 7.22. The first-order valence-corrected chi connectivity index (χ1v) is 7.22. The van der Waals surface area contributed by atoms with E-state index in [1.807, 2.05) is 32.0 Å². The summed E-state index contributed by atoms with van der Waals surface area (Å²) in [5.74, 6) is -0.185. The summed E-state index contributed by atoms with van der Waals surface area (Å²) in [6.45, 7) is 4.58. The lowest BCUT2D eigenvalue weighted by Gasteiger charge is -2.10. The molecule has 2 N–H and O–H groups in total. The van der Waals surface area contributed by atoms with Gasteiger partial charge in [-0.15, -0.1) is 0 Å². The lowest BCUT2D eigenvalue weighted by Crippen LogP contribution is -2.29. The van der Waals surface area contributed by atoms with Crippen LogP contribution in [-0.4, -0.2) is 25.7 Å². The summed E-state index contributed by atoms with van der Waals surface area (Å²) in [6, 6.07) is 5.70. The van der Waals surface area contributed by atoms with Gasteiger partial charge >= 0.3 is 12.0 Å². The third-order valence-corrected chi connectivity index (χ3v) is 3.20. The Balaban J connectivity index is 2.18. The summed E-state index contributed by atoms with van der Waals surface area (Å²) in [5, 5.41) is 5.64. The Morgan fingerprint density at radius 1 is 1.14 bits per heavy atom. The number of hydrogen-bond acceptors (Lipinski definition) is 3. The van der Waals surface area contributed by atoms with E-state index in [1.54, 1.807) is 0 Å². The van der Waals surface area contributed by atoms with Crippen molar-refractivity contribution in [2.45, 2.75) is 39.5 Å². The number of esters is 1. The van der Waals surface area contributed by atoms with Gasteiger partial charge in [0.15, 0.2) is 0 Å². The summed E-state index contributed by atoms with van der Waals surface area (Å²) in [6.07, 6.45) is 2.95. The predicted octanol–water partition coefficient (Wildman–Crippen LogP) is 3.16. The number of urea groups is 1. The van der Waals surface area contributed by atoms with E-state index in [2.05, 4.69) is 15.4 Å². The number of unbranched alkanes of at least 4 members (excludes halogenated alkanes) is 2. The number of ether oxygens (including phenoxy) is 1. The van der Waals surface area contributed by atoms with Crippen LogP contribution in [0.15, 0.2) is 18.2 Å². The Morgan fingerprint density at radius 2 is 1.90 bits per heavy atom. The van der Waals surface area contributed by atoms with Gasteiger partial charge < -0.3 is 15.4 Å². The molecule has 5 heteroatoms. The van der Waals surface area contributed by atoms with Crippen LogP contribution in [0.2, 0.25) is 0 Å². The molecule has 116 valence electrons. The highest BCUT2D eigenvalue weighted by Gasteiger charge is 2.04. The molecular formula is C16H24N2O3. The number of benzene rings is 1. The van der Waals surface area contributed by atoms with Crippen molar-refractivity contribution in [3.63, 3.8) is 0 Å². The number of carbonyl (C=O) groups is 2. The summed E-state index contributed by atoms with van der Waals surface area (Å²) < 4.78 is 4.56.